The van der Waals surface area contributed by atoms with Gasteiger partial charge in [0.25, 0.3) is 5.91 Å². The molecule has 1 heterocycles. The average Bonchev–Trinajstić information content (AvgIpc) is 2.97. The van der Waals surface area contributed by atoms with Crippen molar-refractivity contribution in [2.24, 2.45) is 0 Å². The molecular formula is C15H19N3O. The fourth-order valence-electron chi connectivity index (χ4n) is 2.40. The number of carbonyl (C=O) groups is 1. The SMILES string of the molecule is CCN(CC1CCCN1)C(=O)c1ccc(C#N)cc1. The Hall–Kier alpha value is -1.86. The third-order valence-electron chi connectivity index (χ3n) is 3.53. The maximum atomic E-state index is 12.4. The maximum Gasteiger partial charge on any atom is 0.253 e. The predicted octanol–water partition coefficient (Wildman–Crippen LogP) is 1.77. The number of rotatable bonds is 4. The predicted molar refractivity (Wildman–Crippen MR) is 73.8 cm³/mol. The van der Waals surface area contributed by atoms with E-state index in [1.165, 1.54) is 6.42 Å². The molecular weight excluding hydrogens is 238 g/mol. The number of nitriles is 1. The van der Waals surface area contributed by atoms with Crippen LogP contribution in [0.3, 0.4) is 0 Å². The molecule has 1 fully saturated rings. The van der Waals surface area contributed by atoms with E-state index in [9.17, 15) is 4.79 Å². The molecule has 4 nitrogen and oxygen atoms in total. The molecule has 0 radical (unpaired) electrons. The van der Waals surface area contributed by atoms with E-state index in [2.05, 4.69) is 11.4 Å². The molecule has 0 bridgehead atoms. The smallest absolute Gasteiger partial charge is 0.253 e. The summed E-state index contributed by atoms with van der Waals surface area (Å²) in [6, 6.07) is 9.31. The van der Waals surface area contributed by atoms with Crippen LogP contribution in [0.1, 0.15) is 35.7 Å². The van der Waals surface area contributed by atoms with Crippen molar-refractivity contribution >= 4 is 5.91 Å². The summed E-state index contributed by atoms with van der Waals surface area (Å²) in [5.41, 5.74) is 1.23. The van der Waals surface area contributed by atoms with Crippen LogP contribution in [-0.4, -0.2) is 36.5 Å². The van der Waals surface area contributed by atoms with Gasteiger partial charge in [-0.1, -0.05) is 0 Å². The first-order valence-corrected chi connectivity index (χ1v) is 6.77. The third-order valence-corrected chi connectivity index (χ3v) is 3.53. The second-order valence-electron chi connectivity index (χ2n) is 4.83. The standard InChI is InChI=1S/C15H19N3O/c1-2-18(11-14-4-3-9-17-14)15(19)13-7-5-12(10-16)6-8-13/h5-8,14,17H,2-4,9,11H2,1H3. The lowest BCUT2D eigenvalue weighted by Crippen LogP contribution is -2.41. The van der Waals surface area contributed by atoms with Crippen LogP contribution in [0.5, 0.6) is 0 Å². The second kappa shape index (κ2) is 6.35. The fourth-order valence-corrected chi connectivity index (χ4v) is 2.40. The fraction of sp³-hybridized carbons (Fsp3) is 0.467. The van der Waals surface area contributed by atoms with E-state index >= 15 is 0 Å². The molecule has 0 saturated carbocycles. The van der Waals surface area contributed by atoms with E-state index in [0.29, 0.717) is 23.7 Å². The monoisotopic (exact) mass is 257 g/mol. The summed E-state index contributed by atoms with van der Waals surface area (Å²) in [4.78, 5) is 14.2. The van der Waals surface area contributed by atoms with E-state index in [1.54, 1.807) is 24.3 Å². The van der Waals surface area contributed by atoms with Gasteiger partial charge >= 0.3 is 0 Å². The zero-order valence-corrected chi connectivity index (χ0v) is 11.2. The second-order valence-corrected chi connectivity index (χ2v) is 4.83. The van der Waals surface area contributed by atoms with E-state index in [1.807, 2.05) is 11.8 Å². The molecule has 1 aromatic rings. The van der Waals surface area contributed by atoms with Crippen LogP contribution < -0.4 is 5.32 Å². The summed E-state index contributed by atoms with van der Waals surface area (Å²) < 4.78 is 0. The number of amides is 1. The summed E-state index contributed by atoms with van der Waals surface area (Å²) in [6.45, 7) is 4.51. The Kier molecular flexibility index (Phi) is 4.53. The van der Waals surface area contributed by atoms with Crippen molar-refractivity contribution in [2.75, 3.05) is 19.6 Å². The molecule has 1 atom stereocenters. The number of nitrogens with zero attached hydrogens (tertiary/aromatic N) is 2. The molecule has 1 N–H and O–H groups in total. The third kappa shape index (κ3) is 3.33. The minimum absolute atomic E-state index is 0.0423. The van der Waals surface area contributed by atoms with Crippen molar-refractivity contribution in [1.29, 1.82) is 5.26 Å². The van der Waals surface area contributed by atoms with Crippen LogP contribution in [0.2, 0.25) is 0 Å². The van der Waals surface area contributed by atoms with Crippen molar-refractivity contribution in [3.8, 4) is 6.07 Å². The Morgan fingerprint density at radius 3 is 2.74 bits per heavy atom. The van der Waals surface area contributed by atoms with Gasteiger partial charge in [-0.3, -0.25) is 4.79 Å². The quantitative estimate of drug-likeness (QED) is 0.894. The number of carbonyl (C=O) groups excluding carboxylic acids is 1. The Morgan fingerprint density at radius 2 is 2.21 bits per heavy atom. The summed E-state index contributed by atoms with van der Waals surface area (Å²) in [5, 5.41) is 12.2. The number of likely N-dealkylation sites (N-methyl/N-ethyl adjacent to an activating group) is 1. The molecule has 1 unspecified atom stereocenters. The van der Waals surface area contributed by atoms with Crippen LogP contribution in [0.25, 0.3) is 0 Å². The van der Waals surface area contributed by atoms with Gasteiger partial charge in [0.2, 0.25) is 0 Å². The molecule has 1 amide bonds. The summed E-state index contributed by atoms with van der Waals surface area (Å²) in [7, 11) is 0. The van der Waals surface area contributed by atoms with Crippen LogP contribution >= 0.6 is 0 Å². The minimum Gasteiger partial charge on any atom is -0.337 e. The highest BCUT2D eigenvalue weighted by Gasteiger charge is 2.21. The van der Waals surface area contributed by atoms with E-state index < -0.39 is 0 Å². The van der Waals surface area contributed by atoms with E-state index in [4.69, 9.17) is 5.26 Å². The van der Waals surface area contributed by atoms with Crippen molar-refractivity contribution in [1.82, 2.24) is 10.2 Å². The van der Waals surface area contributed by atoms with Gasteiger partial charge in [-0.25, -0.2) is 0 Å². The molecule has 1 aromatic carbocycles. The Morgan fingerprint density at radius 1 is 1.47 bits per heavy atom. The lowest BCUT2D eigenvalue weighted by molar-refractivity contribution is 0.0751. The Labute approximate surface area is 114 Å². The molecule has 2 rings (SSSR count). The van der Waals surface area contributed by atoms with E-state index in [0.717, 1.165) is 19.5 Å². The minimum atomic E-state index is 0.0423. The first-order chi connectivity index (χ1) is 9.24. The lowest BCUT2D eigenvalue weighted by atomic mass is 10.1. The molecule has 0 spiro atoms. The molecule has 4 heteroatoms. The summed E-state index contributed by atoms with van der Waals surface area (Å²) >= 11 is 0. The molecule has 0 aromatic heterocycles. The van der Waals surface area contributed by atoms with Crippen LogP contribution in [0, 0.1) is 11.3 Å². The van der Waals surface area contributed by atoms with Crippen molar-refractivity contribution in [3.63, 3.8) is 0 Å². The largest absolute Gasteiger partial charge is 0.337 e. The van der Waals surface area contributed by atoms with Crippen LogP contribution in [0.15, 0.2) is 24.3 Å². The highest BCUT2D eigenvalue weighted by atomic mass is 16.2. The molecule has 1 aliphatic heterocycles. The molecule has 1 saturated heterocycles. The van der Waals surface area contributed by atoms with Crippen molar-refractivity contribution < 1.29 is 4.79 Å². The van der Waals surface area contributed by atoms with Gasteiger partial charge in [0.05, 0.1) is 11.6 Å². The van der Waals surface area contributed by atoms with Gasteiger partial charge in [0, 0.05) is 24.7 Å². The van der Waals surface area contributed by atoms with Gasteiger partial charge in [0.1, 0.15) is 0 Å². The number of hydrogen-bond acceptors (Lipinski definition) is 3. The highest BCUT2D eigenvalue weighted by Crippen LogP contribution is 2.11. The Balaban J connectivity index is 2.04. The van der Waals surface area contributed by atoms with Gasteiger partial charge in [-0.15, -0.1) is 0 Å². The van der Waals surface area contributed by atoms with Gasteiger partial charge in [-0.05, 0) is 50.6 Å². The van der Waals surface area contributed by atoms with E-state index in [-0.39, 0.29) is 5.91 Å². The molecule has 19 heavy (non-hydrogen) atoms. The zero-order chi connectivity index (χ0) is 13.7. The Bertz CT molecular complexity index is 469. The first kappa shape index (κ1) is 13.6. The van der Waals surface area contributed by atoms with Gasteiger partial charge in [0.15, 0.2) is 0 Å². The molecule has 1 aliphatic rings. The van der Waals surface area contributed by atoms with Crippen molar-refractivity contribution in [2.45, 2.75) is 25.8 Å². The molecule has 0 aliphatic carbocycles. The van der Waals surface area contributed by atoms with Gasteiger partial charge in [-0.2, -0.15) is 5.26 Å². The highest BCUT2D eigenvalue weighted by molar-refractivity contribution is 5.94. The summed E-state index contributed by atoms with van der Waals surface area (Å²) in [5.74, 6) is 0.0423. The molecule has 100 valence electrons. The zero-order valence-electron chi connectivity index (χ0n) is 11.2. The lowest BCUT2D eigenvalue weighted by Gasteiger charge is -2.24. The summed E-state index contributed by atoms with van der Waals surface area (Å²) in [6.07, 6.45) is 2.32. The van der Waals surface area contributed by atoms with Crippen LogP contribution in [-0.2, 0) is 0 Å². The average molecular weight is 257 g/mol. The van der Waals surface area contributed by atoms with Crippen molar-refractivity contribution in [3.05, 3.63) is 35.4 Å². The number of hydrogen-bond donors (Lipinski definition) is 1. The maximum absolute atomic E-state index is 12.4. The normalized spacial score (nSPS) is 18.0. The first-order valence-electron chi connectivity index (χ1n) is 6.77. The van der Waals surface area contributed by atoms with Crippen LogP contribution in [0.4, 0.5) is 0 Å². The number of benzene rings is 1. The van der Waals surface area contributed by atoms with Gasteiger partial charge < -0.3 is 10.2 Å². The topological polar surface area (TPSA) is 56.1 Å². The number of nitrogens with one attached hydrogen (secondary N) is 1.